The maximum Gasteiger partial charge on any atom is 0.303 e. The fourth-order valence-corrected chi connectivity index (χ4v) is 3.63. The SMILES string of the molecule is C#CC(=O)N(c1cccc(-c2ccn[nH]2)c1)C(C(=O)NCc1ccccc1)c1ccccc1. The molecule has 0 aliphatic carbocycles. The number of aromatic nitrogens is 2. The summed E-state index contributed by atoms with van der Waals surface area (Å²) in [6, 6.07) is 26.9. The summed E-state index contributed by atoms with van der Waals surface area (Å²) in [5, 5.41) is 9.85. The van der Waals surface area contributed by atoms with Gasteiger partial charge in [0.1, 0.15) is 6.04 Å². The highest BCUT2D eigenvalue weighted by Crippen LogP contribution is 2.31. The Balaban J connectivity index is 1.74. The minimum Gasteiger partial charge on any atom is -0.350 e. The number of carbonyl (C=O) groups excluding carboxylic acids is 2. The average molecular weight is 434 g/mol. The topological polar surface area (TPSA) is 78.1 Å². The van der Waals surface area contributed by atoms with Crippen molar-refractivity contribution in [3.05, 3.63) is 108 Å². The van der Waals surface area contributed by atoms with E-state index in [4.69, 9.17) is 6.42 Å². The molecule has 1 heterocycles. The first kappa shape index (κ1) is 21.6. The Bertz CT molecular complexity index is 1260. The highest BCUT2D eigenvalue weighted by Gasteiger charge is 2.32. The van der Waals surface area contributed by atoms with Crippen LogP contribution >= 0.6 is 0 Å². The van der Waals surface area contributed by atoms with Gasteiger partial charge in [0.05, 0.1) is 5.69 Å². The molecule has 2 N–H and O–H groups in total. The Labute approximate surface area is 192 Å². The molecule has 0 fully saturated rings. The minimum atomic E-state index is -0.949. The van der Waals surface area contributed by atoms with Crippen LogP contribution in [0.3, 0.4) is 0 Å². The summed E-state index contributed by atoms with van der Waals surface area (Å²) < 4.78 is 0. The number of H-pyrrole nitrogens is 1. The zero-order valence-electron chi connectivity index (χ0n) is 17.8. The van der Waals surface area contributed by atoms with Crippen LogP contribution in [0.2, 0.25) is 0 Å². The summed E-state index contributed by atoms with van der Waals surface area (Å²) in [6.45, 7) is 0.329. The van der Waals surface area contributed by atoms with E-state index in [2.05, 4.69) is 21.4 Å². The number of carbonyl (C=O) groups is 2. The second kappa shape index (κ2) is 10.1. The van der Waals surface area contributed by atoms with Crippen molar-refractivity contribution in [2.75, 3.05) is 4.90 Å². The van der Waals surface area contributed by atoms with Gasteiger partial charge in [0.2, 0.25) is 5.91 Å². The van der Waals surface area contributed by atoms with Gasteiger partial charge in [-0.1, -0.05) is 72.8 Å². The summed E-state index contributed by atoms with van der Waals surface area (Å²) in [5.74, 6) is 1.24. The number of nitrogens with one attached hydrogen (secondary N) is 2. The molecule has 6 heteroatoms. The number of aromatic amines is 1. The van der Waals surface area contributed by atoms with Crippen LogP contribution in [0.25, 0.3) is 11.3 Å². The van der Waals surface area contributed by atoms with Crippen LogP contribution in [0.15, 0.2) is 97.2 Å². The standard InChI is InChI=1S/C27H22N4O2/c1-2-25(32)31(23-15-9-14-22(18-23)24-16-17-29-30-24)26(21-12-7-4-8-13-21)27(33)28-19-20-10-5-3-6-11-20/h1,3-18,26H,19H2,(H,28,33)(H,29,30). The number of rotatable bonds is 7. The van der Waals surface area contributed by atoms with Crippen LogP contribution in [0.4, 0.5) is 5.69 Å². The molecule has 162 valence electrons. The van der Waals surface area contributed by atoms with Gasteiger partial charge in [-0.05, 0) is 35.2 Å². The maximum atomic E-state index is 13.5. The number of nitrogens with zero attached hydrogens (tertiary/aromatic N) is 2. The van der Waals surface area contributed by atoms with E-state index in [9.17, 15) is 9.59 Å². The van der Waals surface area contributed by atoms with Crippen molar-refractivity contribution < 1.29 is 9.59 Å². The largest absolute Gasteiger partial charge is 0.350 e. The van der Waals surface area contributed by atoms with E-state index in [1.54, 1.807) is 12.3 Å². The molecule has 0 aliphatic heterocycles. The molecule has 1 unspecified atom stereocenters. The summed E-state index contributed by atoms with van der Waals surface area (Å²) in [5.41, 5.74) is 3.71. The molecule has 1 aromatic heterocycles. The lowest BCUT2D eigenvalue weighted by Crippen LogP contribution is -2.43. The predicted octanol–water partition coefficient (Wildman–Crippen LogP) is 4.10. The number of anilines is 1. The van der Waals surface area contributed by atoms with Gasteiger partial charge in [-0.2, -0.15) is 5.10 Å². The lowest BCUT2D eigenvalue weighted by molar-refractivity contribution is -0.125. The Kier molecular flexibility index (Phi) is 6.62. The van der Waals surface area contributed by atoms with Gasteiger partial charge in [-0.25, -0.2) is 0 Å². The normalized spacial score (nSPS) is 11.2. The summed E-state index contributed by atoms with van der Waals surface area (Å²) in [7, 11) is 0. The lowest BCUT2D eigenvalue weighted by atomic mass is 10.0. The third kappa shape index (κ3) is 5.00. The molecule has 2 amide bonds. The Morgan fingerprint density at radius 2 is 1.70 bits per heavy atom. The first-order chi connectivity index (χ1) is 16.2. The molecule has 0 bridgehead atoms. The van der Waals surface area contributed by atoms with Crippen molar-refractivity contribution in [3.63, 3.8) is 0 Å². The van der Waals surface area contributed by atoms with E-state index in [1.165, 1.54) is 4.90 Å². The quantitative estimate of drug-likeness (QED) is 0.430. The van der Waals surface area contributed by atoms with Crippen molar-refractivity contribution in [3.8, 4) is 23.6 Å². The Hall–Kier alpha value is -4.63. The summed E-state index contributed by atoms with van der Waals surface area (Å²) >= 11 is 0. The van der Waals surface area contributed by atoms with Crippen LogP contribution in [-0.2, 0) is 16.1 Å². The summed E-state index contributed by atoms with van der Waals surface area (Å²) in [6.07, 6.45) is 7.18. The van der Waals surface area contributed by atoms with E-state index in [0.717, 1.165) is 16.8 Å². The Morgan fingerprint density at radius 3 is 2.36 bits per heavy atom. The average Bonchev–Trinajstić information content (AvgIpc) is 3.42. The number of terminal acetylenes is 1. The van der Waals surface area contributed by atoms with Crippen LogP contribution in [-0.4, -0.2) is 22.0 Å². The van der Waals surface area contributed by atoms with Crippen LogP contribution < -0.4 is 10.2 Å². The zero-order chi connectivity index (χ0) is 23.0. The van der Waals surface area contributed by atoms with Gasteiger partial charge in [-0.15, -0.1) is 6.42 Å². The maximum absolute atomic E-state index is 13.5. The van der Waals surface area contributed by atoms with Gasteiger partial charge in [0.15, 0.2) is 0 Å². The molecule has 0 spiro atoms. The molecular weight excluding hydrogens is 412 g/mol. The molecule has 0 radical (unpaired) electrons. The van der Waals surface area contributed by atoms with Gasteiger partial charge >= 0.3 is 5.91 Å². The van der Waals surface area contributed by atoms with E-state index in [1.807, 2.05) is 84.9 Å². The Morgan fingerprint density at radius 1 is 0.970 bits per heavy atom. The molecule has 33 heavy (non-hydrogen) atoms. The fraction of sp³-hybridized carbons (Fsp3) is 0.0741. The zero-order valence-corrected chi connectivity index (χ0v) is 17.8. The van der Waals surface area contributed by atoms with Gasteiger partial charge < -0.3 is 5.32 Å². The smallest absolute Gasteiger partial charge is 0.303 e. The summed E-state index contributed by atoms with van der Waals surface area (Å²) in [4.78, 5) is 27.8. The predicted molar refractivity (Wildman–Crippen MR) is 128 cm³/mol. The van der Waals surface area contributed by atoms with Crippen molar-refractivity contribution >= 4 is 17.5 Å². The van der Waals surface area contributed by atoms with Crippen molar-refractivity contribution in [1.82, 2.24) is 15.5 Å². The second-order valence-electron chi connectivity index (χ2n) is 7.36. The molecule has 1 atom stereocenters. The van der Waals surface area contributed by atoms with Crippen molar-refractivity contribution in [1.29, 1.82) is 0 Å². The monoisotopic (exact) mass is 434 g/mol. The van der Waals surface area contributed by atoms with E-state index >= 15 is 0 Å². The van der Waals surface area contributed by atoms with Crippen molar-refractivity contribution in [2.45, 2.75) is 12.6 Å². The molecule has 0 aliphatic rings. The highest BCUT2D eigenvalue weighted by atomic mass is 16.2. The minimum absolute atomic E-state index is 0.329. The van der Waals surface area contributed by atoms with Gasteiger partial charge in [-0.3, -0.25) is 19.6 Å². The number of benzene rings is 3. The van der Waals surface area contributed by atoms with Crippen LogP contribution in [0, 0.1) is 12.3 Å². The van der Waals surface area contributed by atoms with Gasteiger partial charge in [0.25, 0.3) is 0 Å². The molecule has 0 saturated carbocycles. The van der Waals surface area contributed by atoms with E-state index in [-0.39, 0.29) is 5.91 Å². The molecular formula is C27H22N4O2. The first-order valence-electron chi connectivity index (χ1n) is 10.4. The number of hydrogen-bond acceptors (Lipinski definition) is 3. The molecule has 4 aromatic rings. The first-order valence-corrected chi connectivity index (χ1v) is 10.4. The molecule has 4 rings (SSSR count). The molecule has 0 saturated heterocycles. The van der Waals surface area contributed by atoms with Crippen LogP contribution in [0.5, 0.6) is 0 Å². The van der Waals surface area contributed by atoms with Crippen molar-refractivity contribution in [2.24, 2.45) is 0 Å². The van der Waals surface area contributed by atoms with Gasteiger partial charge in [0, 0.05) is 24.0 Å². The van der Waals surface area contributed by atoms with E-state index in [0.29, 0.717) is 17.8 Å². The van der Waals surface area contributed by atoms with E-state index < -0.39 is 11.9 Å². The molecule has 6 nitrogen and oxygen atoms in total. The lowest BCUT2D eigenvalue weighted by Gasteiger charge is -2.30. The third-order valence-corrected chi connectivity index (χ3v) is 5.21. The number of amides is 2. The molecule has 3 aromatic carbocycles. The highest BCUT2D eigenvalue weighted by molar-refractivity contribution is 6.09. The fourth-order valence-electron chi connectivity index (χ4n) is 3.63. The third-order valence-electron chi connectivity index (χ3n) is 5.21. The second-order valence-corrected chi connectivity index (χ2v) is 7.36. The number of hydrogen-bond donors (Lipinski definition) is 2. The van der Waals surface area contributed by atoms with Crippen LogP contribution in [0.1, 0.15) is 17.2 Å².